The number of hydrogen-bond donors (Lipinski definition) is 1. The summed E-state index contributed by atoms with van der Waals surface area (Å²) in [7, 11) is 0. The van der Waals surface area contributed by atoms with Crippen LogP contribution >= 0.6 is 47.5 Å². The van der Waals surface area contributed by atoms with Crippen molar-refractivity contribution in [3.05, 3.63) is 12.3 Å². The third-order valence-electron chi connectivity index (χ3n) is 2.15. The fourth-order valence-electron chi connectivity index (χ4n) is 1.48. The molecule has 0 saturated heterocycles. The van der Waals surface area contributed by atoms with Crippen LogP contribution in [0, 0.1) is 0 Å². The molecule has 0 radical (unpaired) electrons. The van der Waals surface area contributed by atoms with Gasteiger partial charge in [-0.25, -0.2) is 0 Å². The topological polar surface area (TPSA) is 52.7 Å². The molecule has 2 rings (SSSR count). The van der Waals surface area contributed by atoms with Crippen LogP contribution in [0.4, 0.5) is 0 Å². The summed E-state index contributed by atoms with van der Waals surface area (Å²) in [6.07, 6.45) is 1.61. The van der Waals surface area contributed by atoms with E-state index in [0.717, 1.165) is 0 Å². The molecule has 0 aliphatic heterocycles. The fourth-order valence-corrected chi connectivity index (χ4v) is 2.06. The third kappa shape index (κ3) is 1.89. The fraction of sp³-hybridized carbons (Fsp3) is 0. The lowest BCUT2D eigenvalue weighted by atomic mass is 10.2. The number of H-pyrrole nitrogens is 1. The summed E-state index contributed by atoms with van der Waals surface area (Å²) >= 11 is 21.3. The Balaban J connectivity index is 2.89. The van der Waals surface area contributed by atoms with Gasteiger partial charge in [-0.1, -0.05) is 0 Å². The molecule has 1 aromatic heterocycles. The molecule has 1 N–H and O–H groups in total. The van der Waals surface area contributed by atoms with E-state index in [2.05, 4.69) is 22.1 Å². The van der Waals surface area contributed by atoms with Crippen molar-refractivity contribution in [1.29, 1.82) is 0 Å². The van der Waals surface area contributed by atoms with Crippen molar-refractivity contribution in [3.63, 3.8) is 0 Å². The van der Waals surface area contributed by atoms with E-state index in [1.165, 1.54) is 0 Å². The predicted molar refractivity (Wildman–Crippen MR) is 64.2 cm³/mol. The van der Waals surface area contributed by atoms with Gasteiger partial charge in [0.2, 0.25) is 23.0 Å². The number of benzene rings is 1. The Morgan fingerprint density at radius 2 is 1.29 bits per heavy atom. The maximum absolute atomic E-state index is 5.35. The summed E-state index contributed by atoms with van der Waals surface area (Å²) < 4.78 is 18.5. The zero-order valence-corrected chi connectivity index (χ0v) is 10.8. The number of hydrogen-bond acceptors (Lipinski definition) is 4. The lowest BCUT2D eigenvalue weighted by molar-refractivity contribution is 0.488. The maximum Gasteiger partial charge on any atom is 0.240 e. The summed E-state index contributed by atoms with van der Waals surface area (Å²) in [5.41, 5.74) is 0.462. The molecular weight excluding hydrogens is 316 g/mol. The zero-order valence-electron chi connectivity index (χ0n) is 7.80. The highest BCUT2D eigenvalue weighted by molar-refractivity contribution is 6.16. The Morgan fingerprint density at radius 3 is 1.82 bits per heavy atom. The second-order valence-corrected chi connectivity index (χ2v) is 3.51. The lowest BCUT2D eigenvalue weighted by Crippen LogP contribution is -1.91. The molecule has 0 aliphatic rings. The first-order valence-corrected chi connectivity index (χ1v) is 5.33. The monoisotopic (exact) mass is 317 g/mol. The van der Waals surface area contributed by atoms with Crippen molar-refractivity contribution in [1.82, 2.24) is 4.98 Å². The molecule has 0 fully saturated rings. The van der Waals surface area contributed by atoms with E-state index in [-0.39, 0.29) is 23.0 Å². The first kappa shape index (κ1) is 12.6. The molecule has 5 nitrogen and oxygen atoms in total. The first-order valence-electron chi connectivity index (χ1n) is 4.09. The van der Waals surface area contributed by atoms with Gasteiger partial charge < -0.3 is 22.1 Å². The number of halogens is 4. The number of rotatable bonds is 4. The molecule has 0 aliphatic carbocycles. The van der Waals surface area contributed by atoms with Crippen molar-refractivity contribution >= 4 is 58.4 Å². The van der Waals surface area contributed by atoms with Crippen LogP contribution in [0.3, 0.4) is 0 Å². The standard InChI is InChI=1S/C8H3Cl4NO4/c9-14-5-3-1-2-13-4(3)6(15-10)8(17-12)7(5)16-11/h1-2,13H. The molecule has 0 saturated carbocycles. The van der Waals surface area contributed by atoms with Gasteiger partial charge in [0.05, 0.1) is 10.9 Å². The molecule has 92 valence electrons. The molecule has 2 aromatic rings. The van der Waals surface area contributed by atoms with Gasteiger partial charge in [0.25, 0.3) is 0 Å². The van der Waals surface area contributed by atoms with Crippen LogP contribution in [0.1, 0.15) is 0 Å². The van der Waals surface area contributed by atoms with E-state index >= 15 is 0 Å². The van der Waals surface area contributed by atoms with E-state index in [9.17, 15) is 0 Å². The van der Waals surface area contributed by atoms with Crippen LogP contribution in [-0.2, 0) is 0 Å². The van der Waals surface area contributed by atoms with Gasteiger partial charge in [0, 0.05) is 6.20 Å². The van der Waals surface area contributed by atoms with Crippen molar-refractivity contribution in [2.75, 3.05) is 0 Å². The molecule has 1 heterocycles. The molecule has 9 heteroatoms. The molecule has 17 heavy (non-hydrogen) atoms. The van der Waals surface area contributed by atoms with E-state index in [4.69, 9.17) is 47.5 Å². The summed E-state index contributed by atoms with van der Waals surface area (Å²) in [6, 6.07) is 1.66. The largest absolute Gasteiger partial charge is 0.381 e. The summed E-state index contributed by atoms with van der Waals surface area (Å²) in [6.45, 7) is 0. The zero-order chi connectivity index (χ0) is 12.4. The number of fused-ring (bicyclic) bond motifs is 1. The van der Waals surface area contributed by atoms with E-state index < -0.39 is 0 Å². The highest BCUT2D eigenvalue weighted by atomic mass is 35.5. The van der Waals surface area contributed by atoms with Crippen molar-refractivity contribution < 1.29 is 17.2 Å². The molecule has 0 amide bonds. The van der Waals surface area contributed by atoms with Crippen LogP contribution in [0.25, 0.3) is 10.9 Å². The minimum Gasteiger partial charge on any atom is -0.381 e. The van der Waals surface area contributed by atoms with E-state index in [0.29, 0.717) is 10.9 Å². The Bertz CT molecular complexity index is 498. The second-order valence-electron chi connectivity index (χ2n) is 2.89. The molecule has 0 spiro atoms. The highest BCUT2D eigenvalue weighted by Gasteiger charge is 2.26. The van der Waals surface area contributed by atoms with Crippen LogP contribution in [0.5, 0.6) is 23.0 Å². The van der Waals surface area contributed by atoms with Crippen molar-refractivity contribution in [3.8, 4) is 23.0 Å². The van der Waals surface area contributed by atoms with Crippen LogP contribution in [0.2, 0.25) is 0 Å². The van der Waals surface area contributed by atoms with Gasteiger partial charge in [-0.05, 0) is 6.07 Å². The lowest BCUT2D eigenvalue weighted by Gasteiger charge is -2.11. The normalized spacial score (nSPS) is 10.4. The molecule has 0 bridgehead atoms. The quantitative estimate of drug-likeness (QED) is 0.913. The molecule has 1 aromatic carbocycles. The van der Waals surface area contributed by atoms with Gasteiger partial charge in [-0.15, -0.1) is 0 Å². The molecule has 0 unspecified atom stereocenters. The Morgan fingerprint density at radius 1 is 0.765 bits per heavy atom. The van der Waals surface area contributed by atoms with Crippen molar-refractivity contribution in [2.45, 2.75) is 0 Å². The Labute approximate surface area is 116 Å². The van der Waals surface area contributed by atoms with Crippen molar-refractivity contribution in [2.24, 2.45) is 0 Å². The van der Waals surface area contributed by atoms with Crippen LogP contribution in [0.15, 0.2) is 12.3 Å². The first-order chi connectivity index (χ1) is 8.28. The van der Waals surface area contributed by atoms with Crippen LogP contribution < -0.4 is 17.2 Å². The van der Waals surface area contributed by atoms with Crippen LogP contribution in [-0.4, -0.2) is 4.98 Å². The Hall–Kier alpha value is -0.880. The number of nitrogens with one attached hydrogen (secondary N) is 1. The summed E-state index contributed by atoms with van der Waals surface area (Å²) in [4.78, 5) is 2.85. The SMILES string of the molecule is ClOc1c(OCl)c(OCl)c2[nH]ccc2c1OCl. The maximum atomic E-state index is 5.35. The van der Waals surface area contributed by atoms with E-state index in [1.54, 1.807) is 12.3 Å². The molecule has 0 atom stereocenters. The minimum absolute atomic E-state index is 0.0561. The molecular formula is C8H3Cl4NO4. The average molecular weight is 319 g/mol. The summed E-state index contributed by atoms with van der Waals surface area (Å²) in [5.74, 6) is 0.0856. The summed E-state index contributed by atoms with van der Waals surface area (Å²) in [5, 5.41) is 0.531. The Kier molecular flexibility index (Phi) is 3.83. The third-order valence-corrected chi connectivity index (χ3v) is 2.76. The van der Waals surface area contributed by atoms with E-state index in [1.807, 2.05) is 0 Å². The van der Waals surface area contributed by atoms with Gasteiger partial charge in [0.1, 0.15) is 47.5 Å². The second kappa shape index (κ2) is 5.18. The highest BCUT2D eigenvalue weighted by Crippen LogP contribution is 2.52. The average Bonchev–Trinajstić information content (AvgIpc) is 2.84. The predicted octanol–water partition coefficient (Wildman–Crippen LogP) is 4.30. The minimum atomic E-state index is -0.0673. The smallest absolute Gasteiger partial charge is 0.240 e. The van der Waals surface area contributed by atoms with Gasteiger partial charge in [-0.3, -0.25) is 0 Å². The van der Waals surface area contributed by atoms with Gasteiger partial charge >= 0.3 is 0 Å². The van der Waals surface area contributed by atoms with Gasteiger partial charge in [0.15, 0.2) is 0 Å². The number of aromatic amines is 1. The van der Waals surface area contributed by atoms with Gasteiger partial charge in [-0.2, -0.15) is 0 Å². The number of aromatic nitrogens is 1.